The van der Waals surface area contributed by atoms with Crippen LogP contribution >= 0.6 is 11.6 Å². The van der Waals surface area contributed by atoms with Crippen molar-refractivity contribution in [3.8, 4) is 0 Å². The van der Waals surface area contributed by atoms with Crippen molar-refractivity contribution in [2.45, 2.75) is 0 Å². The zero-order valence-corrected chi connectivity index (χ0v) is 13.6. The first-order valence-electron chi connectivity index (χ1n) is 7.49. The predicted octanol–water partition coefficient (Wildman–Crippen LogP) is 1.79. The number of nitrogens with one attached hydrogen (secondary N) is 1. The van der Waals surface area contributed by atoms with Crippen LogP contribution in [0.1, 0.15) is 10.4 Å². The Hall–Kier alpha value is -2.67. The van der Waals surface area contributed by atoms with Gasteiger partial charge in [-0.3, -0.25) is 9.59 Å². The van der Waals surface area contributed by atoms with Crippen molar-refractivity contribution < 1.29 is 9.59 Å². The molecule has 7 nitrogen and oxygen atoms in total. The standard InChI is InChI=1S/C16H16ClN5O2/c17-13-1-3-14(4-2-13)20-16-18-9-12(10-19-16)15(24)22-7-5-21(11-23)6-8-22/h1-4,9-11H,5-8H2,(H,18,19,20). The molecule has 1 aromatic heterocycles. The number of hydrogen-bond acceptors (Lipinski definition) is 5. The molecule has 124 valence electrons. The van der Waals surface area contributed by atoms with Crippen molar-refractivity contribution in [2.75, 3.05) is 31.5 Å². The lowest BCUT2D eigenvalue weighted by atomic mass is 10.2. The molecule has 1 aromatic carbocycles. The van der Waals surface area contributed by atoms with Gasteiger partial charge in [-0.15, -0.1) is 0 Å². The summed E-state index contributed by atoms with van der Waals surface area (Å²) in [6.45, 7) is 2.13. The van der Waals surface area contributed by atoms with Crippen LogP contribution in [0.4, 0.5) is 11.6 Å². The maximum absolute atomic E-state index is 12.4. The number of aromatic nitrogens is 2. The molecule has 1 aliphatic heterocycles. The summed E-state index contributed by atoms with van der Waals surface area (Å²) >= 11 is 5.84. The number of piperazine rings is 1. The van der Waals surface area contributed by atoms with E-state index in [-0.39, 0.29) is 5.91 Å². The van der Waals surface area contributed by atoms with E-state index >= 15 is 0 Å². The highest BCUT2D eigenvalue weighted by Gasteiger charge is 2.21. The Morgan fingerprint density at radius 3 is 2.29 bits per heavy atom. The Labute approximate surface area is 144 Å². The van der Waals surface area contributed by atoms with Gasteiger partial charge in [0.1, 0.15) is 0 Å². The van der Waals surface area contributed by atoms with Crippen molar-refractivity contribution >= 4 is 35.6 Å². The largest absolute Gasteiger partial charge is 0.342 e. The van der Waals surface area contributed by atoms with Crippen molar-refractivity contribution in [3.05, 3.63) is 47.2 Å². The molecular weight excluding hydrogens is 330 g/mol. The summed E-state index contributed by atoms with van der Waals surface area (Å²) in [7, 11) is 0. The van der Waals surface area contributed by atoms with Crippen molar-refractivity contribution in [3.63, 3.8) is 0 Å². The third-order valence-corrected chi connectivity index (χ3v) is 4.00. The zero-order valence-electron chi connectivity index (χ0n) is 12.9. The van der Waals surface area contributed by atoms with Gasteiger partial charge in [-0.2, -0.15) is 0 Å². The van der Waals surface area contributed by atoms with E-state index < -0.39 is 0 Å². The van der Waals surface area contributed by atoms with Gasteiger partial charge in [0.2, 0.25) is 12.4 Å². The van der Waals surface area contributed by atoms with Gasteiger partial charge >= 0.3 is 0 Å². The minimum absolute atomic E-state index is 0.126. The maximum Gasteiger partial charge on any atom is 0.257 e. The van der Waals surface area contributed by atoms with Crippen LogP contribution in [-0.2, 0) is 4.79 Å². The second-order valence-electron chi connectivity index (χ2n) is 5.36. The average Bonchev–Trinajstić information content (AvgIpc) is 2.64. The first-order chi connectivity index (χ1) is 11.7. The van der Waals surface area contributed by atoms with Crippen molar-refractivity contribution in [2.24, 2.45) is 0 Å². The molecule has 0 spiro atoms. The van der Waals surface area contributed by atoms with Crippen LogP contribution in [0.5, 0.6) is 0 Å². The van der Waals surface area contributed by atoms with E-state index in [4.69, 9.17) is 11.6 Å². The van der Waals surface area contributed by atoms with E-state index in [9.17, 15) is 9.59 Å². The van der Waals surface area contributed by atoms with Gasteiger partial charge in [-0.25, -0.2) is 9.97 Å². The second-order valence-corrected chi connectivity index (χ2v) is 5.80. The molecule has 0 atom stereocenters. The van der Waals surface area contributed by atoms with E-state index in [0.29, 0.717) is 42.7 Å². The van der Waals surface area contributed by atoms with Crippen LogP contribution in [0.2, 0.25) is 5.02 Å². The molecule has 2 heterocycles. The number of carbonyl (C=O) groups excluding carboxylic acids is 2. The number of hydrogen-bond donors (Lipinski definition) is 1. The van der Waals surface area contributed by atoms with E-state index in [1.807, 2.05) is 12.1 Å². The number of anilines is 2. The minimum atomic E-state index is -0.126. The monoisotopic (exact) mass is 345 g/mol. The Morgan fingerprint density at radius 2 is 1.71 bits per heavy atom. The second kappa shape index (κ2) is 7.27. The predicted molar refractivity (Wildman–Crippen MR) is 90.3 cm³/mol. The molecule has 1 fully saturated rings. The average molecular weight is 346 g/mol. The fraction of sp³-hybridized carbons (Fsp3) is 0.250. The summed E-state index contributed by atoms with van der Waals surface area (Å²) in [6, 6.07) is 7.16. The van der Waals surface area contributed by atoms with Gasteiger partial charge < -0.3 is 15.1 Å². The Bertz CT molecular complexity index is 712. The molecule has 0 unspecified atom stereocenters. The molecule has 1 N–H and O–H groups in total. The summed E-state index contributed by atoms with van der Waals surface area (Å²) in [5, 5.41) is 3.69. The van der Waals surface area contributed by atoms with Crippen LogP contribution in [0.25, 0.3) is 0 Å². The van der Waals surface area contributed by atoms with Gasteiger partial charge in [0.25, 0.3) is 5.91 Å². The summed E-state index contributed by atoms with van der Waals surface area (Å²) in [5.41, 5.74) is 1.24. The highest BCUT2D eigenvalue weighted by atomic mass is 35.5. The Balaban J connectivity index is 1.62. The summed E-state index contributed by atoms with van der Waals surface area (Å²) in [5.74, 6) is 0.276. The van der Waals surface area contributed by atoms with E-state index in [2.05, 4.69) is 15.3 Å². The van der Waals surface area contributed by atoms with Crippen LogP contribution < -0.4 is 5.32 Å². The smallest absolute Gasteiger partial charge is 0.257 e. The van der Waals surface area contributed by atoms with E-state index in [1.165, 1.54) is 12.4 Å². The first-order valence-corrected chi connectivity index (χ1v) is 7.87. The molecule has 1 aliphatic rings. The number of carbonyl (C=O) groups is 2. The van der Waals surface area contributed by atoms with Gasteiger partial charge in [0.15, 0.2) is 0 Å². The number of halogens is 1. The lowest BCUT2D eigenvalue weighted by molar-refractivity contribution is -0.119. The summed E-state index contributed by atoms with van der Waals surface area (Å²) in [6.07, 6.45) is 3.81. The normalized spacial score (nSPS) is 14.4. The highest BCUT2D eigenvalue weighted by Crippen LogP contribution is 2.16. The molecular formula is C16H16ClN5O2. The fourth-order valence-corrected chi connectivity index (χ4v) is 2.50. The molecule has 0 aliphatic carbocycles. The molecule has 0 radical (unpaired) electrons. The van der Waals surface area contributed by atoms with Crippen LogP contribution in [0.3, 0.4) is 0 Å². The zero-order chi connectivity index (χ0) is 16.9. The number of amides is 2. The molecule has 0 saturated carbocycles. The Kier molecular flexibility index (Phi) is 4.90. The molecule has 2 aromatic rings. The third kappa shape index (κ3) is 3.80. The number of rotatable bonds is 4. The van der Waals surface area contributed by atoms with Crippen molar-refractivity contribution in [1.29, 1.82) is 0 Å². The Morgan fingerprint density at radius 1 is 1.08 bits per heavy atom. The molecule has 24 heavy (non-hydrogen) atoms. The molecule has 0 bridgehead atoms. The lowest BCUT2D eigenvalue weighted by Gasteiger charge is -2.32. The van der Waals surface area contributed by atoms with Crippen LogP contribution in [0, 0.1) is 0 Å². The first kappa shape index (κ1) is 16.2. The summed E-state index contributed by atoms with van der Waals surface area (Å²) in [4.78, 5) is 34.8. The van der Waals surface area contributed by atoms with Gasteiger partial charge in [0.05, 0.1) is 5.56 Å². The van der Waals surface area contributed by atoms with Crippen molar-refractivity contribution in [1.82, 2.24) is 19.8 Å². The quantitative estimate of drug-likeness (QED) is 0.855. The molecule has 1 saturated heterocycles. The minimum Gasteiger partial charge on any atom is -0.342 e. The van der Waals surface area contributed by atoms with Gasteiger partial charge in [-0.05, 0) is 24.3 Å². The number of nitrogens with zero attached hydrogens (tertiary/aromatic N) is 4. The van der Waals surface area contributed by atoms with E-state index in [1.54, 1.807) is 21.9 Å². The van der Waals surface area contributed by atoms with Crippen LogP contribution in [0.15, 0.2) is 36.7 Å². The summed E-state index contributed by atoms with van der Waals surface area (Å²) < 4.78 is 0. The fourth-order valence-electron chi connectivity index (χ4n) is 2.38. The van der Waals surface area contributed by atoms with Crippen LogP contribution in [-0.4, -0.2) is 58.3 Å². The third-order valence-electron chi connectivity index (χ3n) is 3.75. The van der Waals surface area contributed by atoms with Gasteiger partial charge in [0, 0.05) is 49.3 Å². The maximum atomic E-state index is 12.4. The molecule has 8 heteroatoms. The highest BCUT2D eigenvalue weighted by molar-refractivity contribution is 6.30. The van der Waals surface area contributed by atoms with E-state index in [0.717, 1.165) is 12.1 Å². The SMILES string of the molecule is O=CN1CCN(C(=O)c2cnc(Nc3ccc(Cl)cc3)nc2)CC1. The lowest BCUT2D eigenvalue weighted by Crippen LogP contribution is -2.48. The molecule has 3 rings (SSSR count). The topological polar surface area (TPSA) is 78.4 Å². The molecule has 2 amide bonds. The van der Waals surface area contributed by atoms with Gasteiger partial charge in [-0.1, -0.05) is 11.6 Å². The number of benzene rings is 1.